The van der Waals surface area contributed by atoms with E-state index in [0.29, 0.717) is 11.6 Å². The Morgan fingerprint density at radius 3 is 2.76 bits per heavy atom. The number of halogens is 1. The second-order valence-corrected chi connectivity index (χ2v) is 6.13. The van der Waals surface area contributed by atoms with Crippen LogP contribution in [0.25, 0.3) is 5.57 Å². The first-order valence-corrected chi connectivity index (χ1v) is 8.34. The summed E-state index contributed by atoms with van der Waals surface area (Å²) in [6, 6.07) is 11.5. The molecule has 1 aromatic heterocycles. The molecule has 25 heavy (non-hydrogen) atoms. The number of pyridine rings is 1. The SMILES string of the molecule is C=CC(=O)N(C)/C=C1\CCN=C(c2ccc(Cl)cc2)c2ncccc21. The van der Waals surface area contributed by atoms with Crippen LogP contribution in [-0.4, -0.2) is 35.1 Å². The lowest BCUT2D eigenvalue weighted by Crippen LogP contribution is -2.18. The summed E-state index contributed by atoms with van der Waals surface area (Å²) >= 11 is 6.00. The molecule has 0 atom stereocenters. The highest BCUT2D eigenvalue weighted by Crippen LogP contribution is 2.27. The van der Waals surface area contributed by atoms with E-state index in [2.05, 4.69) is 11.6 Å². The molecule has 2 aromatic rings. The molecule has 0 aliphatic carbocycles. The number of nitrogens with zero attached hydrogens (tertiary/aromatic N) is 3. The van der Waals surface area contributed by atoms with Gasteiger partial charge in [0.25, 0.3) is 0 Å². The van der Waals surface area contributed by atoms with Crippen LogP contribution in [-0.2, 0) is 4.79 Å². The van der Waals surface area contributed by atoms with Gasteiger partial charge in [-0.05, 0) is 36.3 Å². The maximum Gasteiger partial charge on any atom is 0.249 e. The zero-order valence-electron chi connectivity index (χ0n) is 13.9. The van der Waals surface area contributed by atoms with Crippen molar-refractivity contribution in [2.75, 3.05) is 13.6 Å². The maximum atomic E-state index is 11.8. The molecule has 0 bridgehead atoms. The molecule has 0 N–H and O–H groups in total. The predicted molar refractivity (Wildman–Crippen MR) is 102 cm³/mol. The Bertz CT molecular complexity index is 869. The Morgan fingerprint density at radius 2 is 2.04 bits per heavy atom. The van der Waals surface area contributed by atoms with Gasteiger partial charge in [0.2, 0.25) is 5.91 Å². The fraction of sp³-hybridized carbons (Fsp3) is 0.150. The Labute approximate surface area is 152 Å². The van der Waals surface area contributed by atoms with Crippen LogP contribution in [0.4, 0.5) is 0 Å². The summed E-state index contributed by atoms with van der Waals surface area (Å²) in [6.45, 7) is 4.15. The third-order valence-corrected chi connectivity index (χ3v) is 4.27. The van der Waals surface area contributed by atoms with Crippen molar-refractivity contribution in [3.05, 3.63) is 83.3 Å². The monoisotopic (exact) mass is 351 g/mol. The van der Waals surface area contributed by atoms with Gasteiger partial charge in [0.05, 0.1) is 11.4 Å². The Kier molecular flexibility index (Phi) is 5.10. The maximum absolute atomic E-state index is 11.8. The number of amides is 1. The van der Waals surface area contributed by atoms with E-state index in [4.69, 9.17) is 16.6 Å². The molecule has 1 amide bonds. The fourth-order valence-electron chi connectivity index (χ4n) is 2.76. The number of hydrogen-bond donors (Lipinski definition) is 0. The van der Waals surface area contributed by atoms with Crippen molar-refractivity contribution in [1.82, 2.24) is 9.88 Å². The fourth-order valence-corrected chi connectivity index (χ4v) is 2.89. The average Bonchev–Trinajstić information content (AvgIpc) is 2.81. The minimum absolute atomic E-state index is 0.152. The van der Waals surface area contributed by atoms with E-state index in [1.54, 1.807) is 13.2 Å². The molecule has 1 aromatic carbocycles. The zero-order valence-corrected chi connectivity index (χ0v) is 14.7. The number of carbonyl (C=O) groups excluding carboxylic acids is 1. The number of benzene rings is 1. The van der Waals surface area contributed by atoms with Crippen LogP contribution in [0.15, 0.2) is 66.4 Å². The molecular weight excluding hydrogens is 334 g/mol. The molecule has 3 rings (SSSR count). The summed E-state index contributed by atoms with van der Waals surface area (Å²) in [6.07, 6.45) is 5.62. The number of fused-ring (bicyclic) bond motifs is 1. The number of hydrogen-bond acceptors (Lipinski definition) is 3. The lowest BCUT2D eigenvalue weighted by Gasteiger charge is -2.14. The molecule has 0 radical (unpaired) electrons. The van der Waals surface area contributed by atoms with E-state index in [0.717, 1.165) is 34.5 Å². The largest absolute Gasteiger partial charge is 0.318 e. The van der Waals surface area contributed by atoms with E-state index in [9.17, 15) is 4.79 Å². The highest BCUT2D eigenvalue weighted by molar-refractivity contribution is 6.30. The van der Waals surface area contributed by atoms with E-state index in [-0.39, 0.29) is 5.91 Å². The van der Waals surface area contributed by atoms with Crippen LogP contribution in [0, 0.1) is 0 Å². The summed E-state index contributed by atoms with van der Waals surface area (Å²) in [7, 11) is 1.72. The summed E-state index contributed by atoms with van der Waals surface area (Å²) < 4.78 is 0. The predicted octanol–water partition coefficient (Wildman–Crippen LogP) is 3.96. The van der Waals surface area contributed by atoms with Gasteiger partial charge in [-0.3, -0.25) is 14.8 Å². The molecule has 0 unspecified atom stereocenters. The second kappa shape index (κ2) is 7.45. The Hall–Kier alpha value is -2.72. The normalized spacial score (nSPS) is 15.1. The van der Waals surface area contributed by atoms with Gasteiger partial charge in [0.15, 0.2) is 0 Å². The smallest absolute Gasteiger partial charge is 0.249 e. The van der Waals surface area contributed by atoms with E-state index in [1.807, 2.05) is 42.6 Å². The van der Waals surface area contributed by atoms with Gasteiger partial charge in [-0.25, -0.2) is 0 Å². The second-order valence-electron chi connectivity index (χ2n) is 5.69. The summed E-state index contributed by atoms with van der Waals surface area (Å²) in [5, 5.41) is 0.685. The van der Waals surface area contributed by atoms with Gasteiger partial charge in [0.1, 0.15) is 0 Å². The third-order valence-electron chi connectivity index (χ3n) is 4.02. The minimum Gasteiger partial charge on any atom is -0.318 e. The molecule has 0 spiro atoms. The minimum atomic E-state index is -0.152. The van der Waals surface area contributed by atoms with Crippen LogP contribution >= 0.6 is 11.6 Å². The number of aliphatic imine (C=N–C) groups is 1. The lowest BCUT2D eigenvalue weighted by molar-refractivity contribution is -0.122. The first-order chi connectivity index (χ1) is 12.1. The van der Waals surface area contributed by atoms with Crippen LogP contribution in [0.5, 0.6) is 0 Å². The summed E-state index contributed by atoms with van der Waals surface area (Å²) in [5.74, 6) is -0.152. The molecule has 0 saturated heterocycles. The summed E-state index contributed by atoms with van der Waals surface area (Å²) in [5.41, 5.74) is 4.63. The van der Waals surface area contributed by atoms with E-state index >= 15 is 0 Å². The van der Waals surface area contributed by atoms with Crippen molar-refractivity contribution in [3.8, 4) is 0 Å². The molecule has 1 aliphatic heterocycles. The van der Waals surface area contributed by atoms with E-state index in [1.165, 1.54) is 11.0 Å². The van der Waals surface area contributed by atoms with Gasteiger partial charge in [-0.2, -0.15) is 0 Å². The van der Waals surface area contributed by atoms with Crippen molar-refractivity contribution >= 4 is 28.8 Å². The number of aromatic nitrogens is 1. The van der Waals surface area contributed by atoms with Crippen molar-refractivity contribution in [2.24, 2.45) is 4.99 Å². The van der Waals surface area contributed by atoms with Gasteiger partial charge in [-0.1, -0.05) is 36.4 Å². The third kappa shape index (κ3) is 3.69. The Morgan fingerprint density at radius 1 is 1.28 bits per heavy atom. The quantitative estimate of drug-likeness (QED) is 0.786. The molecule has 0 fully saturated rings. The topological polar surface area (TPSA) is 45.6 Å². The molecule has 1 aliphatic rings. The molecule has 4 nitrogen and oxygen atoms in total. The molecule has 2 heterocycles. The van der Waals surface area contributed by atoms with Crippen LogP contribution < -0.4 is 0 Å². The van der Waals surface area contributed by atoms with Crippen molar-refractivity contribution in [3.63, 3.8) is 0 Å². The lowest BCUT2D eigenvalue weighted by atomic mass is 9.98. The Balaban J connectivity index is 2.07. The van der Waals surface area contributed by atoms with Gasteiger partial charge < -0.3 is 4.90 Å². The molecular formula is C20H18ClN3O. The van der Waals surface area contributed by atoms with Crippen LogP contribution in [0.3, 0.4) is 0 Å². The van der Waals surface area contributed by atoms with Gasteiger partial charge in [0, 0.05) is 42.1 Å². The number of carbonyl (C=O) groups is 1. The van der Waals surface area contributed by atoms with Gasteiger partial charge in [-0.15, -0.1) is 0 Å². The van der Waals surface area contributed by atoms with Crippen LogP contribution in [0.1, 0.15) is 23.2 Å². The summed E-state index contributed by atoms with van der Waals surface area (Å²) in [4.78, 5) is 22.6. The first kappa shape index (κ1) is 17.1. The highest BCUT2D eigenvalue weighted by atomic mass is 35.5. The highest BCUT2D eigenvalue weighted by Gasteiger charge is 2.19. The van der Waals surface area contributed by atoms with Gasteiger partial charge >= 0.3 is 0 Å². The molecule has 0 saturated carbocycles. The number of likely N-dealkylation sites (N-methyl/N-ethyl adjacent to an activating group) is 1. The molecule has 5 heteroatoms. The standard InChI is InChI=1S/C20H18ClN3O/c1-3-18(25)24(2)13-15-10-12-23-19(14-6-8-16(21)9-7-14)20-17(15)5-4-11-22-20/h3-9,11,13H,1,10,12H2,2H3/b15-13+. The van der Waals surface area contributed by atoms with Crippen molar-refractivity contribution < 1.29 is 4.79 Å². The average molecular weight is 352 g/mol. The molecule has 126 valence electrons. The number of rotatable bonds is 3. The van der Waals surface area contributed by atoms with E-state index < -0.39 is 0 Å². The zero-order chi connectivity index (χ0) is 17.8. The van der Waals surface area contributed by atoms with Crippen molar-refractivity contribution in [1.29, 1.82) is 0 Å². The van der Waals surface area contributed by atoms with Crippen molar-refractivity contribution in [2.45, 2.75) is 6.42 Å². The van der Waals surface area contributed by atoms with Crippen LogP contribution in [0.2, 0.25) is 5.02 Å². The first-order valence-electron chi connectivity index (χ1n) is 7.96.